The summed E-state index contributed by atoms with van der Waals surface area (Å²) in [5, 5.41) is 12.1. The predicted octanol–water partition coefficient (Wildman–Crippen LogP) is 1.68. The highest BCUT2D eigenvalue weighted by Crippen LogP contribution is 2.36. The van der Waals surface area contributed by atoms with E-state index in [0.717, 1.165) is 0 Å². The smallest absolute Gasteiger partial charge is 0.289 e. The topological polar surface area (TPSA) is 35.5 Å². The molecule has 19 heavy (non-hydrogen) atoms. The molecule has 108 valence electrons. The molecule has 1 aliphatic rings. The van der Waals surface area contributed by atoms with E-state index < -0.39 is 18.6 Å². The molecule has 0 radical (unpaired) electrons. The summed E-state index contributed by atoms with van der Waals surface area (Å²) in [5.74, 6) is -3.13. The summed E-state index contributed by atoms with van der Waals surface area (Å²) in [6, 6.07) is 7.63. The summed E-state index contributed by atoms with van der Waals surface area (Å²) in [6.07, 6.45) is 0. The van der Waals surface area contributed by atoms with Crippen LogP contribution in [0.2, 0.25) is 0 Å². The van der Waals surface area contributed by atoms with Gasteiger partial charge in [0, 0.05) is 26.2 Å². The number of aliphatic hydroxyl groups is 1. The lowest BCUT2D eigenvalue weighted by Gasteiger charge is -2.38. The lowest BCUT2D eigenvalue weighted by Crippen LogP contribution is -2.51. The number of piperazine rings is 1. The monoisotopic (exact) mass is 292 g/mol. The van der Waals surface area contributed by atoms with Crippen molar-refractivity contribution in [3.05, 3.63) is 35.9 Å². The lowest BCUT2D eigenvalue weighted by atomic mass is 9.98. The number of nitrogens with one attached hydrogen (secondary N) is 1. The molecule has 1 aromatic rings. The number of halogens is 3. The summed E-state index contributed by atoms with van der Waals surface area (Å²) in [4.78, 5) is 1.74. The highest BCUT2D eigenvalue weighted by Gasteiger charge is 2.43. The van der Waals surface area contributed by atoms with Gasteiger partial charge in [0.25, 0.3) is 5.92 Å². The molecule has 0 amide bonds. The van der Waals surface area contributed by atoms with Crippen LogP contribution >= 0.6 is 12.4 Å². The summed E-state index contributed by atoms with van der Waals surface area (Å²) in [6.45, 7) is 1.40. The quantitative estimate of drug-likeness (QED) is 0.886. The fraction of sp³-hybridized carbons (Fsp3) is 0.538. The molecular weight excluding hydrogens is 274 g/mol. The number of alkyl halides is 2. The van der Waals surface area contributed by atoms with Crippen LogP contribution in [0.25, 0.3) is 0 Å². The molecular formula is C13H19ClF2N2O. The maximum absolute atomic E-state index is 14.0. The van der Waals surface area contributed by atoms with Crippen LogP contribution in [0, 0.1) is 0 Å². The molecule has 6 heteroatoms. The second kappa shape index (κ2) is 7.14. The Morgan fingerprint density at radius 2 is 1.79 bits per heavy atom. The maximum Gasteiger partial charge on any atom is 0.289 e. The van der Waals surface area contributed by atoms with Gasteiger partial charge in [-0.05, 0) is 5.56 Å². The molecule has 1 aromatic carbocycles. The Kier molecular flexibility index (Phi) is 6.13. The van der Waals surface area contributed by atoms with Gasteiger partial charge in [-0.15, -0.1) is 12.4 Å². The Bertz CT molecular complexity index is 372. The van der Waals surface area contributed by atoms with Crippen LogP contribution in [-0.2, 0) is 0 Å². The van der Waals surface area contributed by atoms with Crippen LogP contribution < -0.4 is 5.32 Å². The fourth-order valence-electron chi connectivity index (χ4n) is 2.38. The third-order valence-corrected chi connectivity index (χ3v) is 3.24. The van der Waals surface area contributed by atoms with E-state index in [1.807, 2.05) is 0 Å². The molecule has 0 spiro atoms. The normalized spacial score (nSPS) is 18.7. The van der Waals surface area contributed by atoms with Crippen molar-refractivity contribution in [2.45, 2.75) is 12.0 Å². The van der Waals surface area contributed by atoms with Gasteiger partial charge >= 0.3 is 0 Å². The van der Waals surface area contributed by atoms with Gasteiger partial charge in [0.15, 0.2) is 0 Å². The zero-order chi connectivity index (χ0) is 13.0. The van der Waals surface area contributed by atoms with E-state index in [-0.39, 0.29) is 12.4 Å². The summed E-state index contributed by atoms with van der Waals surface area (Å²) in [7, 11) is 0. The van der Waals surface area contributed by atoms with E-state index >= 15 is 0 Å². The zero-order valence-corrected chi connectivity index (χ0v) is 11.4. The van der Waals surface area contributed by atoms with E-state index in [1.54, 1.807) is 35.2 Å². The largest absolute Gasteiger partial charge is 0.390 e. The molecule has 0 bridgehead atoms. The number of benzene rings is 1. The van der Waals surface area contributed by atoms with E-state index in [0.29, 0.717) is 31.7 Å². The molecule has 1 fully saturated rings. The second-order valence-electron chi connectivity index (χ2n) is 4.52. The van der Waals surface area contributed by atoms with Crippen molar-refractivity contribution >= 4 is 12.4 Å². The lowest BCUT2D eigenvalue weighted by molar-refractivity contribution is -0.118. The predicted molar refractivity (Wildman–Crippen MR) is 72.9 cm³/mol. The first-order chi connectivity index (χ1) is 8.65. The van der Waals surface area contributed by atoms with Crippen LogP contribution in [0.15, 0.2) is 30.3 Å². The molecule has 2 rings (SSSR count). The van der Waals surface area contributed by atoms with Crippen LogP contribution in [0.4, 0.5) is 8.78 Å². The Morgan fingerprint density at radius 1 is 1.21 bits per heavy atom. The third-order valence-electron chi connectivity index (χ3n) is 3.24. The minimum atomic E-state index is -3.13. The van der Waals surface area contributed by atoms with Crippen molar-refractivity contribution in [1.82, 2.24) is 10.2 Å². The van der Waals surface area contributed by atoms with Gasteiger partial charge in [0.2, 0.25) is 0 Å². The standard InChI is InChI=1S/C13H18F2N2O.ClH/c14-13(15,10-18)12(11-4-2-1-3-5-11)17-8-6-16-7-9-17;/h1-5,12,16,18H,6-10H2;1H/t12-;/m0./s1. The average Bonchev–Trinajstić information content (AvgIpc) is 2.41. The highest BCUT2D eigenvalue weighted by atomic mass is 35.5. The molecule has 1 atom stereocenters. The molecule has 2 N–H and O–H groups in total. The Hall–Kier alpha value is -0.750. The molecule has 0 saturated carbocycles. The Morgan fingerprint density at radius 3 is 2.32 bits per heavy atom. The summed E-state index contributed by atoms with van der Waals surface area (Å²) < 4.78 is 28.0. The fourth-order valence-corrected chi connectivity index (χ4v) is 2.38. The van der Waals surface area contributed by atoms with Crippen molar-refractivity contribution in [2.75, 3.05) is 32.8 Å². The number of aliphatic hydroxyl groups excluding tert-OH is 1. The van der Waals surface area contributed by atoms with Crippen molar-refractivity contribution in [3.8, 4) is 0 Å². The molecule has 3 nitrogen and oxygen atoms in total. The molecule has 1 saturated heterocycles. The average molecular weight is 293 g/mol. The second-order valence-corrected chi connectivity index (χ2v) is 4.52. The van der Waals surface area contributed by atoms with Crippen molar-refractivity contribution in [2.24, 2.45) is 0 Å². The van der Waals surface area contributed by atoms with Crippen molar-refractivity contribution < 1.29 is 13.9 Å². The van der Waals surface area contributed by atoms with Crippen molar-refractivity contribution in [1.29, 1.82) is 0 Å². The van der Waals surface area contributed by atoms with Crippen LogP contribution in [0.5, 0.6) is 0 Å². The molecule has 0 aromatic heterocycles. The number of hydrogen-bond acceptors (Lipinski definition) is 3. The van der Waals surface area contributed by atoms with Gasteiger partial charge in [-0.1, -0.05) is 30.3 Å². The van der Waals surface area contributed by atoms with Gasteiger partial charge in [-0.25, -0.2) is 8.78 Å². The molecule has 0 aliphatic carbocycles. The number of rotatable bonds is 4. The van der Waals surface area contributed by atoms with E-state index in [1.165, 1.54) is 0 Å². The Labute approximate surface area is 118 Å². The number of hydrogen-bond donors (Lipinski definition) is 2. The van der Waals surface area contributed by atoms with Gasteiger partial charge < -0.3 is 10.4 Å². The maximum atomic E-state index is 14.0. The summed E-state index contributed by atoms with van der Waals surface area (Å²) in [5.41, 5.74) is 0.554. The third kappa shape index (κ3) is 3.86. The van der Waals surface area contributed by atoms with Crippen LogP contribution in [-0.4, -0.2) is 48.7 Å². The van der Waals surface area contributed by atoms with Gasteiger partial charge in [-0.2, -0.15) is 0 Å². The van der Waals surface area contributed by atoms with Crippen LogP contribution in [0.3, 0.4) is 0 Å². The number of nitrogens with zero attached hydrogens (tertiary/aromatic N) is 1. The minimum Gasteiger partial charge on any atom is -0.390 e. The van der Waals surface area contributed by atoms with E-state index in [9.17, 15) is 8.78 Å². The Balaban J connectivity index is 0.00000180. The minimum absolute atomic E-state index is 0. The SMILES string of the molecule is Cl.OCC(F)(F)[C@H](c1ccccc1)N1CCNCC1. The zero-order valence-electron chi connectivity index (χ0n) is 10.6. The highest BCUT2D eigenvalue weighted by molar-refractivity contribution is 5.85. The van der Waals surface area contributed by atoms with Gasteiger partial charge in [0.1, 0.15) is 12.6 Å². The molecule has 0 unspecified atom stereocenters. The first kappa shape index (κ1) is 16.3. The van der Waals surface area contributed by atoms with E-state index in [2.05, 4.69) is 5.32 Å². The first-order valence-corrected chi connectivity index (χ1v) is 6.13. The molecule has 1 heterocycles. The molecule has 1 aliphatic heterocycles. The van der Waals surface area contributed by atoms with Gasteiger partial charge in [-0.3, -0.25) is 4.90 Å². The van der Waals surface area contributed by atoms with Gasteiger partial charge in [0.05, 0.1) is 0 Å². The van der Waals surface area contributed by atoms with E-state index in [4.69, 9.17) is 5.11 Å². The summed E-state index contributed by atoms with van der Waals surface area (Å²) >= 11 is 0. The first-order valence-electron chi connectivity index (χ1n) is 6.13. The van der Waals surface area contributed by atoms with Crippen molar-refractivity contribution in [3.63, 3.8) is 0 Å². The van der Waals surface area contributed by atoms with Crippen LogP contribution in [0.1, 0.15) is 11.6 Å².